The Morgan fingerprint density at radius 1 is 0.600 bits per heavy atom. The van der Waals surface area contributed by atoms with Crippen LogP contribution in [0.5, 0.6) is 5.75 Å². The molecule has 11 nitrogen and oxygen atoms in total. The summed E-state index contributed by atoms with van der Waals surface area (Å²) in [6.07, 6.45) is 9.31. The van der Waals surface area contributed by atoms with Gasteiger partial charge in [-0.25, -0.2) is 0 Å². The summed E-state index contributed by atoms with van der Waals surface area (Å²) in [5, 5.41) is -0.575. The van der Waals surface area contributed by atoms with Crippen molar-refractivity contribution in [2.24, 2.45) is 0 Å². The molecule has 0 bridgehead atoms. The average molecular weight is 713 g/mol. The molecule has 0 aliphatic heterocycles. The molecule has 234 valence electrons. The van der Waals surface area contributed by atoms with Gasteiger partial charge in [-0.3, -0.25) is 18.5 Å². The van der Waals surface area contributed by atoms with Gasteiger partial charge in [0.25, 0.3) is 30.4 Å². The van der Waals surface area contributed by atoms with Gasteiger partial charge in [-0.1, -0.05) is 76.5 Å². The molecule has 0 heterocycles. The zero-order chi connectivity index (χ0) is 30.9. The largest absolute Gasteiger partial charge is 1.00 e. The van der Waals surface area contributed by atoms with Crippen LogP contribution in [-0.2, 0) is 35.1 Å². The van der Waals surface area contributed by atoms with Crippen molar-refractivity contribution in [1.82, 2.24) is 0 Å². The van der Waals surface area contributed by atoms with E-state index < -0.39 is 51.0 Å². The minimum Gasteiger partial charge on any atom is -1.00 e. The van der Waals surface area contributed by atoms with E-state index in [0.29, 0.717) is 12.5 Å². The Kier molecular flexibility index (Phi) is 16.9. The van der Waals surface area contributed by atoms with Gasteiger partial charge in [0.05, 0.1) is 0 Å². The van der Waals surface area contributed by atoms with Crippen LogP contribution in [0.1, 0.15) is 75.4 Å². The van der Waals surface area contributed by atoms with Crippen LogP contribution >= 0.6 is 0 Å². The molecule has 0 unspecified atom stereocenters. The molecule has 0 spiro atoms. The molecule has 4 aromatic carbocycles. The van der Waals surface area contributed by atoms with E-state index in [4.69, 9.17) is 4.74 Å². The van der Waals surface area contributed by atoms with Gasteiger partial charge in [-0.15, -0.1) is 0 Å². The molecule has 3 N–H and O–H groups in total. The Morgan fingerprint density at radius 3 is 1.38 bits per heavy atom. The first-order valence-corrected chi connectivity index (χ1v) is 17.9. The minimum absolute atomic E-state index is 0. The smallest absolute Gasteiger partial charge is 1.00 e. The molecule has 0 atom stereocenters. The molecule has 0 aromatic heterocycles. The Bertz CT molecular complexity index is 1940. The van der Waals surface area contributed by atoms with E-state index >= 15 is 0 Å². The van der Waals surface area contributed by atoms with Gasteiger partial charge in [0.1, 0.15) is 20.4 Å². The average Bonchev–Trinajstić information content (AvgIpc) is 2.89. The second-order valence-electron chi connectivity index (χ2n) is 10.3. The second kappa shape index (κ2) is 17.7. The number of carbonyl (C=O) groups is 1. The Morgan fingerprint density at radius 2 is 0.956 bits per heavy atom. The first-order chi connectivity index (χ1) is 19.6. The molecule has 45 heavy (non-hydrogen) atoms. The predicted molar refractivity (Wildman–Crippen MR) is 160 cm³/mol. The van der Waals surface area contributed by atoms with E-state index in [1.807, 2.05) is 0 Å². The van der Waals surface area contributed by atoms with Crippen molar-refractivity contribution in [2.75, 3.05) is 0 Å². The van der Waals surface area contributed by atoms with E-state index in [0.717, 1.165) is 37.8 Å². The van der Waals surface area contributed by atoms with Crippen LogP contribution in [0.25, 0.3) is 32.3 Å². The van der Waals surface area contributed by atoms with Crippen molar-refractivity contribution in [3.63, 3.8) is 0 Å². The third-order valence-corrected chi connectivity index (χ3v) is 9.97. The molecular formula is C28H35Na3O11S3. The van der Waals surface area contributed by atoms with Crippen molar-refractivity contribution < 1.29 is 141 Å². The number of hydrogen-bond donors (Lipinski definition) is 3. The normalized spacial score (nSPS) is 12.1. The molecule has 4 rings (SSSR count). The molecule has 0 radical (unpaired) electrons. The summed E-state index contributed by atoms with van der Waals surface area (Å²) in [6, 6.07) is 6.47. The molecule has 0 saturated heterocycles. The third-order valence-electron chi connectivity index (χ3n) is 7.29. The minimum atomic E-state index is -5.03. The van der Waals surface area contributed by atoms with Crippen molar-refractivity contribution in [1.29, 1.82) is 0 Å². The zero-order valence-electron chi connectivity index (χ0n) is 28.9. The summed E-state index contributed by atoms with van der Waals surface area (Å²) in [7, 11) is -15.0. The monoisotopic (exact) mass is 712 g/mol. The maximum atomic E-state index is 12.8. The number of benzene rings is 4. The quantitative estimate of drug-likeness (QED) is 0.0313. The number of rotatable bonds is 14. The number of hydrogen-bond acceptors (Lipinski definition) is 8. The summed E-state index contributed by atoms with van der Waals surface area (Å²) in [5.41, 5.74) is 0. The standard InChI is InChI=1S/C28H32O11S3.3Na.3H/c1-2-3-4-5-6-7-8-9-10-11-26(29)39-22-16-23(40(30,31)32)19-14-15-21-25(42(36,37)38)17-24(41(33,34)35)20-13-12-18(22)27(19)28(20)21;;;;;;/h12-17H,2-11H2,1H3,(H,30,31,32)(H,33,34,35)(H,36,37,38);;;;;;/q;3*+1;3*-1. The Hall–Kier alpha value is 0.120. The van der Waals surface area contributed by atoms with Crippen molar-refractivity contribution >= 4 is 68.6 Å². The van der Waals surface area contributed by atoms with Crippen LogP contribution in [0, 0.1) is 0 Å². The number of unbranched alkanes of at least 4 members (excludes halogenated alkanes) is 8. The van der Waals surface area contributed by atoms with Gasteiger partial charge >= 0.3 is 94.6 Å². The second-order valence-corrected chi connectivity index (χ2v) is 14.5. The van der Waals surface area contributed by atoms with Crippen LogP contribution in [0.15, 0.2) is 51.1 Å². The summed E-state index contributed by atoms with van der Waals surface area (Å²) in [4.78, 5) is 10.4. The predicted octanol–water partition coefficient (Wildman–Crippen LogP) is -2.50. The summed E-state index contributed by atoms with van der Waals surface area (Å²) < 4.78 is 109. The third kappa shape index (κ3) is 10.3. The van der Waals surface area contributed by atoms with E-state index in [1.54, 1.807) is 0 Å². The first kappa shape index (κ1) is 43.1. The maximum Gasteiger partial charge on any atom is 1.00 e. The van der Waals surface area contributed by atoms with Gasteiger partial charge in [-0.05, 0) is 18.6 Å². The first-order valence-electron chi connectivity index (χ1n) is 13.6. The van der Waals surface area contributed by atoms with E-state index in [9.17, 15) is 43.7 Å². The van der Waals surface area contributed by atoms with Crippen LogP contribution in [-0.4, -0.2) is 44.9 Å². The SMILES string of the molecule is CCCCCCCCCCCC(=O)Oc1cc(S(=O)(=O)O)c2ccc3c(S(=O)(=O)O)cc(S(=O)(=O)O)c4ccc1c2c43.[H-].[H-].[H-].[Na+].[Na+].[Na+]. The summed E-state index contributed by atoms with van der Waals surface area (Å²) >= 11 is 0. The number of ether oxygens (including phenoxy) is 1. The van der Waals surface area contributed by atoms with Crippen molar-refractivity contribution in [2.45, 2.75) is 85.8 Å². The molecule has 0 amide bonds. The number of carbonyl (C=O) groups excluding carboxylic acids is 1. The maximum absolute atomic E-state index is 12.8. The molecule has 4 aromatic rings. The van der Waals surface area contributed by atoms with Gasteiger partial charge in [-0.2, -0.15) is 25.3 Å². The van der Waals surface area contributed by atoms with Gasteiger partial charge < -0.3 is 9.02 Å². The zero-order valence-corrected chi connectivity index (χ0v) is 34.3. The molecule has 0 fully saturated rings. The Labute approximate surface area is 334 Å². The van der Waals surface area contributed by atoms with Crippen LogP contribution in [0.4, 0.5) is 0 Å². The van der Waals surface area contributed by atoms with Crippen molar-refractivity contribution in [3.8, 4) is 5.75 Å². The fourth-order valence-electron chi connectivity index (χ4n) is 5.34. The van der Waals surface area contributed by atoms with Gasteiger partial charge in [0.2, 0.25) is 0 Å². The van der Waals surface area contributed by atoms with E-state index in [-0.39, 0.29) is 137 Å². The molecular weight excluding hydrogens is 677 g/mol. The van der Waals surface area contributed by atoms with Crippen LogP contribution in [0.2, 0.25) is 0 Å². The van der Waals surface area contributed by atoms with E-state index in [1.165, 1.54) is 43.9 Å². The fourth-order valence-corrected chi connectivity index (χ4v) is 7.55. The van der Waals surface area contributed by atoms with Crippen molar-refractivity contribution in [3.05, 3.63) is 36.4 Å². The van der Waals surface area contributed by atoms with Crippen LogP contribution < -0.4 is 93.4 Å². The topological polar surface area (TPSA) is 189 Å². The summed E-state index contributed by atoms with van der Waals surface area (Å²) in [6.45, 7) is 2.16. The van der Waals surface area contributed by atoms with E-state index in [2.05, 4.69) is 6.92 Å². The van der Waals surface area contributed by atoms with Crippen LogP contribution in [0.3, 0.4) is 0 Å². The fraction of sp³-hybridized carbons (Fsp3) is 0.393. The number of esters is 1. The van der Waals surface area contributed by atoms with Gasteiger partial charge in [0, 0.05) is 44.8 Å². The summed E-state index contributed by atoms with van der Waals surface area (Å²) in [5.74, 6) is -0.914. The molecule has 0 aliphatic carbocycles. The molecule has 0 aliphatic rings. The van der Waals surface area contributed by atoms with Gasteiger partial charge in [0.15, 0.2) is 0 Å². The molecule has 0 saturated carbocycles. The molecule has 17 heteroatoms. The Balaban J connectivity index is -0.00000337.